The molecule has 0 bridgehead atoms. The van der Waals surface area contributed by atoms with Crippen LogP contribution in [0.15, 0.2) is 27.6 Å². The molecular formula is C12H19BrN2O2S. The summed E-state index contributed by atoms with van der Waals surface area (Å²) in [5.74, 6) is 0.271. The van der Waals surface area contributed by atoms with Crippen molar-refractivity contribution < 1.29 is 8.42 Å². The highest BCUT2D eigenvalue weighted by Gasteiger charge is 2.25. The lowest BCUT2D eigenvalue weighted by molar-refractivity contribution is 0.381. The van der Waals surface area contributed by atoms with E-state index < -0.39 is 10.0 Å². The number of hydrogen-bond donors (Lipinski definition) is 1. The number of benzene rings is 1. The summed E-state index contributed by atoms with van der Waals surface area (Å²) in [5.41, 5.74) is 6.05. The van der Waals surface area contributed by atoms with E-state index >= 15 is 0 Å². The Hall–Kier alpha value is -0.590. The number of nitrogens with two attached hydrogens (primary N) is 1. The predicted molar refractivity (Wildman–Crippen MR) is 77.8 cm³/mol. The Balaban J connectivity index is 3.22. The molecule has 0 aromatic heterocycles. The first-order chi connectivity index (χ1) is 8.28. The minimum Gasteiger partial charge on any atom is -0.398 e. The van der Waals surface area contributed by atoms with E-state index in [0.717, 1.165) is 0 Å². The van der Waals surface area contributed by atoms with Gasteiger partial charge in [0.25, 0.3) is 0 Å². The first kappa shape index (κ1) is 15.5. The Labute approximate surface area is 117 Å². The molecule has 0 saturated heterocycles. The summed E-state index contributed by atoms with van der Waals surface area (Å²) in [6.45, 7) is 6.73. The van der Waals surface area contributed by atoms with Crippen molar-refractivity contribution in [1.29, 1.82) is 0 Å². The Kier molecular flexibility index (Phi) is 5.19. The molecule has 0 unspecified atom stereocenters. The van der Waals surface area contributed by atoms with Crippen LogP contribution in [0.25, 0.3) is 0 Å². The summed E-state index contributed by atoms with van der Waals surface area (Å²) in [6, 6.07) is 4.88. The number of sulfonamides is 1. The molecule has 0 atom stereocenters. The lowest BCUT2D eigenvalue weighted by Crippen LogP contribution is -2.34. The molecule has 0 aliphatic carbocycles. The number of nitrogen functional groups attached to an aromatic ring is 1. The van der Waals surface area contributed by atoms with Gasteiger partial charge in [-0.15, -0.1) is 0 Å². The predicted octanol–water partition coefficient (Wildman–Crippen LogP) is 2.70. The SMILES string of the molecule is CCN(CC(C)C)S(=O)(=O)c1cc(Br)ccc1N. The second kappa shape index (κ2) is 6.04. The smallest absolute Gasteiger partial charge is 0.245 e. The van der Waals surface area contributed by atoms with Crippen LogP contribution in [-0.4, -0.2) is 25.8 Å². The molecule has 6 heteroatoms. The van der Waals surface area contributed by atoms with Crippen molar-refractivity contribution in [2.24, 2.45) is 5.92 Å². The third-order valence-corrected chi connectivity index (χ3v) is 5.00. The molecule has 0 heterocycles. The van der Waals surface area contributed by atoms with Gasteiger partial charge < -0.3 is 5.73 Å². The molecule has 1 aromatic rings. The van der Waals surface area contributed by atoms with Crippen LogP contribution in [0.5, 0.6) is 0 Å². The van der Waals surface area contributed by atoms with Crippen LogP contribution < -0.4 is 5.73 Å². The lowest BCUT2D eigenvalue weighted by Gasteiger charge is -2.23. The topological polar surface area (TPSA) is 63.4 Å². The third kappa shape index (κ3) is 3.46. The molecule has 2 N–H and O–H groups in total. The number of halogens is 1. The van der Waals surface area contributed by atoms with Gasteiger partial charge >= 0.3 is 0 Å². The van der Waals surface area contributed by atoms with Crippen molar-refractivity contribution in [3.05, 3.63) is 22.7 Å². The molecule has 0 amide bonds. The lowest BCUT2D eigenvalue weighted by atomic mass is 10.2. The standard InChI is InChI=1S/C12H19BrN2O2S/c1-4-15(8-9(2)3)18(16,17)12-7-10(13)5-6-11(12)14/h5-7,9H,4,8,14H2,1-3H3. The van der Waals surface area contributed by atoms with E-state index in [1.807, 2.05) is 20.8 Å². The van der Waals surface area contributed by atoms with E-state index in [9.17, 15) is 8.42 Å². The fourth-order valence-corrected chi connectivity index (χ4v) is 3.94. The van der Waals surface area contributed by atoms with E-state index in [2.05, 4.69) is 15.9 Å². The Bertz CT molecular complexity index is 515. The van der Waals surface area contributed by atoms with Gasteiger partial charge in [-0.25, -0.2) is 8.42 Å². The summed E-state index contributed by atoms with van der Waals surface area (Å²) in [5, 5.41) is 0. The molecule has 0 aliphatic heterocycles. The van der Waals surface area contributed by atoms with Crippen molar-refractivity contribution >= 4 is 31.6 Å². The normalized spacial score (nSPS) is 12.3. The van der Waals surface area contributed by atoms with Crippen LogP contribution in [0.4, 0.5) is 5.69 Å². The number of nitrogens with zero attached hydrogens (tertiary/aromatic N) is 1. The van der Waals surface area contributed by atoms with Gasteiger partial charge in [0.15, 0.2) is 0 Å². The molecule has 1 rings (SSSR count). The van der Waals surface area contributed by atoms with Gasteiger partial charge in [0, 0.05) is 17.6 Å². The van der Waals surface area contributed by atoms with Gasteiger partial charge in [0.2, 0.25) is 10.0 Å². The highest BCUT2D eigenvalue weighted by atomic mass is 79.9. The van der Waals surface area contributed by atoms with Crippen molar-refractivity contribution in [2.45, 2.75) is 25.7 Å². The van der Waals surface area contributed by atoms with Crippen LogP contribution in [-0.2, 0) is 10.0 Å². The first-order valence-electron chi connectivity index (χ1n) is 5.84. The molecule has 102 valence electrons. The van der Waals surface area contributed by atoms with Crippen LogP contribution in [0, 0.1) is 5.92 Å². The molecule has 0 fully saturated rings. The van der Waals surface area contributed by atoms with Crippen LogP contribution in [0.2, 0.25) is 0 Å². The van der Waals surface area contributed by atoms with Gasteiger partial charge in [0.1, 0.15) is 4.90 Å². The molecule has 4 nitrogen and oxygen atoms in total. The first-order valence-corrected chi connectivity index (χ1v) is 8.07. The van der Waals surface area contributed by atoms with Gasteiger partial charge in [-0.2, -0.15) is 4.31 Å². The van der Waals surface area contributed by atoms with E-state index in [1.54, 1.807) is 18.2 Å². The Morgan fingerprint density at radius 3 is 2.50 bits per heavy atom. The molecule has 0 saturated carbocycles. The van der Waals surface area contributed by atoms with Crippen molar-refractivity contribution in [1.82, 2.24) is 4.31 Å². The van der Waals surface area contributed by atoms with Crippen LogP contribution in [0.3, 0.4) is 0 Å². The quantitative estimate of drug-likeness (QED) is 0.842. The zero-order chi connectivity index (χ0) is 13.9. The van der Waals surface area contributed by atoms with Crippen LogP contribution >= 0.6 is 15.9 Å². The highest BCUT2D eigenvalue weighted by Crippen LogP contribution is 2.26. The summed E-state index contributed by atoms with van der Waals surface area (Å²) < 4.78 is 27.2. The average Bonchev–Trinajstić information content (AvgIpc) is 2.28. The molecule has 18 heavy (non-hydrogen) atoms. The minimum absolute atomic E-state index is 0.166. The monoisotopic (exact) mass is 334 g/mol. The van der Waals surface area contributed by atoms with Gasteiger partial charge in [0.05, 0.1) is 5.69 Å². The summed E-state index contributed by atoms with van der Waals surface area (Å²) in [6.07, 6.45) is 0. The summed E-state index contributed by atoms with van der Waals surface area (Å²) >= 11 is 3.27. The number of hydrogen-bond acceptors (Lipinski definition) is 3. The fourth-order valence-electron chi connectivity index (χ4n) is 1.68. The Morgan fingerprint density at radius 2 is 2.00 bits per heavy atom. The molecule has 0 radical (unpaired) electrons. The average molecular weight is 335 g/mol. The summed E-state index contributed by atoms with van der Waals surface area (Å²) in [7, 11) is -3.52. The van der Waals surface area contributed by atoms with Crippen molar-refractivity contribution in [3.63, 3.8) is 0 Å². The number of rotatable bonds is 5. The van der Waals surface area contributed by atoms with Gasteiger partial charge in [-0.3, -0.25) is 0 Å². The zero-order valence-corrected chi connectivity index (χ0v) is 13.3. The number of anilines is 1. The maximum Gasteiger partial charge on any atom is 0.245 e. The maximum absolute atomic E-state index is 12.5. The van der Waals surface area contributed by atoms with Crippen molar-refractivity contribution in [2.75, 3.05) is 18.8 Å². The molecular weight excluding hydrogens is 316 g/mol. The Morgan fingerprint density at radius 1 is 1.39 bits per heavy atom. The van der Waals surface area contributed by atoms with E-state index in [-0.39, 0.29) is 16.5 Å². The van der Waals surface area contributed by atoms with Gasteiger partial charge in [-0.05, 0) is 24.1 Å². The second-order valence-corrected chi connectivity index (χ2v) is 7.35. The fraction of sp³-hybridized carbons (Fsp3) is 0.500. The molecule has 0 aliphatic rings. The molecule has 1 aromatic carbocycles. The van der Waals surface area contributed by atoms with Crippen molar-refractivity contribution in [3.8, 4) is 0 Å². The largest absolute Gasteiger partial charge is 0.398 e. The van der Waals surface area contributed by atoms with E-state index in [1.165, 1.54) is 4.31 Å². The molecule has 0 spiro atoms. The zero-order valence-electron chi connectivity index (χ0n) is 10.9. The van der Waals surface area contributed by atoms with Gasteiger partial charge in [-0.1, -0.05) is 36.7 Å². The highest BCUT2D eigenvalue weighted by molar-refractivity contribution is 9.10. The second-order valence-electron chi connectivity index (χ2n) is 4.53. The summed E-state index contributed by atoms with van der Waals surface area (Å²) in [4.78, 5) is 0.166. The third-order valence-electron chi connectivity index (χ3n) is 2.51. The maximum atomic E-state index is 12.5. The minimum atomic E-state index is -3.52. The van der Waals surface area contributed by atoms with E-state index in [4.69, 9.17) is 5.73 Å². The van der Waals surface area contributed by atoms with Crippen LogP contribution in [0.1, 0.15) is 20.8 Å². The van der Waals surface area contributed by atoms with E-state index in [0.29, 0.717) is 17.6 Å².